The fraction of sp³-hybridized carbons (Fsp3) is 0.0556. The number of nitrogens with zero attached hydrogens (tertiary/aromatic N) is 1. The van der Waals surface area contributed by atoms with Gasteiger partial charge in [-0.15, -0.1) is 0 Å². The van der Waals surface area contributed by atoms with E-state index < -0.39 is 24.3 Å². The van der Waals surface area contributed by atoms with Crippen LogP contribution in [0.5, 0.6) is 5.75 Å². The molecule has 26 heavy (non-hydrogen) atoms. The first kappa shape index (κ1) is 17.6. The molecule has 2 aromatic rings. The van der Waals surface area contributed by atoms with Gasteiger partial charge in [0.25, 0.3) is 5.91 Å². The van der Waals surface area contributed by atoms with E-state index >= 15 is 0 Å². The van der Waals surface area contributed by atoms with E-state index in [1.807, 2.05) is 0 Å². The molecule has 1 aliphatic rings. The summed E-state index contributed by atoms with van der Waals surface area (Å²) in [7, 11) is 0. The van der Waals surface area contributed by atoms with Crippen molar-refractivity contribution in [2.45, 2.75) is 0 Å². The number of halogens is 1. The molecule has 1 heterocycles. The first-order valence-corrected chi connectivity index (χ1v) is 7.93. The van der Waals surface area contributed by atoms with E-state index in [-0.39, 0.29) is 16.5 Å². The minimum atomic E-state index is -1.12. The lowest BCUT2D eigenvalue weighted by molar-refractivity contribution is -0.139. The Kier molecular flexibility index (Phi) is 4.94. The fourth-order valence-electron chi connectivity index (χ4n) is 2.41. The molecule has 3 rings (SSSR count). The molecular formula is C18H13FN2O4S. The second-order valence-electron chi connectivity index (χ2n) is 5.30. The Morgan fingerprint density at radius 3 is 2.65 bits per heavy atom. The first-order chi connectivity index (χ1) is 12.5. The van der Waals surface area contributed by atoms with Gasteiger partial charge in [0.1, 0.15) is 17.3 Å². The van der Waals surface area contributed by atoms with Crippen LogP contribution in [-0.4, -0.2) is 28.7 Å². The van der Waals surface area contributed by atoms with Crippen LogP contribution in [0.15, 0.2) is 54.2 Å². The summed E-state index contributed by atoms with van der Waals surface area (Å²) in [5.74, 6) is -1.91. The number of carboxylic acids is 1. The second-order valence-corrected chi connectivity index (χ2v) is 5.69. The van der Waals surface area contributed by atoms with Gasteiger partial charge in [-0.05, 0) is 36.5 Å². The second kappa shape index (κ2) is 7.32. The van der Waals surface area contributed by atoms with Gasteiger partial charge < -0.3 is 15.2 Å². The molecule has 0 aromatic heterocycles. The van der Waals surface area contributed by atoms with E-state index in [0.717, 1.165) is 4.90 Å². The summed E-state index contributed by atoms with van der Waals surface area (Å²) in [6.45, 7) is -0.513. The highest BCUT2D eigenvalue weighted by molar-refractivity contribution is 7.80. The lowest BCUT2D eigenvalue weighted by atomic mass is 10.1. The number of carbonyl (C=O) groups is 2. The van der Waals surface area contributed by atoms with Gasteiger partial charge in [-0.25, -0.2) is 14.1 Å². The number of benzene rings is 2. The number of ether oxygens (including phenoxy) is 1. The molecular weight excluding hydrogens is 359 g/mol. The maximum absolute atomic E-state index is 14.0. The highest BCUT2D eigenvalue weighted by Gasteiger charge is 2.33. The Bertz CT molecular complexity index is 929. The lowest BCUT2D eigenvalue weighted by Crippen LogP contribution is -2.31. The molecule has 0 bridgehead atoms. The SMILES string of the molecule is O=C(O)COc1ccccc1/C=C1\NC(=S)N(c2ccccc2F)C1=O. The number of carboxylic acid groups (broad SMARTS) is 1. The standard InChI is InChI=1S/C18H13FN2O4S/c19-12-6-2-3-7-14(12)21-17(24)13(20-18(21)26)9-11-5-1-4-8-15(11)25-10-16(22)23/h1-9H,10H2,(H,20,26)(H,22,23)/b13-9-. The van der Waals surface area contributed by atoms with Crippen molar-refractivity contribution in [3.05, 3.63) is 65.6 Å². The minimum absolute atomic E-state index is 0.0498. The molecule has 1 amide bonds. The Hall–Kier alpha value is -3.26. The average molecular weight is 372 g/mol. The highest BCUT2D eigenvalue weighted by atomic mass is 32.1. The summed E-state index contributed by atoms with van der Waals surface area (Å²) in [6.07, 6.45) is 1.48. The molecule has 1 aliphatic heterocycles. The van der Waals surface area contributed by atoms with Gasteiger partial charge in [-0.3, -0.25) is 4.79 Å². The van der Waals surface area contributed by atoms with Crippen molar-refractivity contribution < 1.29 is 23.8 Å². The van der Waals surface area contributed by atoms with Crippen molar-refractivity contribution in [3.63, 3.8) is 0 Å². The maximum Gasteiger partial charge on any atom is 0.341 e. The number of para-hydroxylation sites is 2. The molecule has 1 saturated heterocycles. The van der Waals surface area contributed by atoms with Crippen LogP contribution in [0.4, 0.5) is 10.1 Å². The van der Waals surface area contributed by atoms with Crippen molar-refractivity contribution in [1.82, 2.24) is 5.32 Å². The van der Waals surface area contributed by atoms with Crippen LogP contribution in [0.1, 0.15) is 5.56 Å². The van der Waals surface area contributed by atoms with Crippen LogP contribution < -0.4 is 15.0 Å². The van der Waals surface area contributed by atoms with E-state index in [4.69, 9.17) is 22.1 Å². The smallest absolute Gasteiger partial charge is 0.341 e. The topological polar surface area (TPSA) is 78.9 Å². The number of anilines is 1. The molecule has 0 unspecified atom stereocenters. The Morgan fingerprint density at radius 2 is 1.92 bits per heavy atom. The zero-order valence-corrected chi connectivity index (χ0v) is 14.1. The van der Waals surface area contributed by atoms with E-state index in [2.05, 4.69) is 5.32 Å². The summed E-state index contributed by atoms with van der Waals surface area (Å²) in [4.78, 5) is 24.4. The molecule has 0 atom stereocenters. The van der Waals surface area contributed by atoms with Gasteiger partial charge >= 0.3 is 5.97 Å². The molecule has 6 nitrogen and oxygen atoms in total. The van der Waals surface area contributed by atoms with Crippen LogP contribution >= 0.6 is 12.2 Å². The lowest BCUT2D eigenvalue weighted by Gasteiger charge is -2.14. The Labute approximate surface area is 153 Å². The number of hydrogen-bond acceptors (Lipinski definition) is 4. The zero-order chi connectivity index (χ0) is 18.7. The average Bonchev–Trinajstić information content (AvgIpc) is 2.88. The van der Waals surface area contributed by atoms with Gasteiger partial charge in [0, 0.05) is 5.56 Å². The van der Waals surface area contributed by atoms with Gasteiger partial charge in [0.15, 0.2) is 11.7 Å². The third-order valence-electron chi connectivity index (χ3n) is 3.54. The fourth-order valence-corrected chi connectivity index (χ4v) is 2.70. The first-order valence-electron chi connectivity index (χ1n) is 7.52. The van der Waals surface area contributed by atoms with Gasteiger partial charge in [-0.2, -0.15) is 0 Å². The number of rotatable bonds is 5. The van der Waals surface area contributed by atoms with Crippen molar-refractivity contribution >= 4 is 41.0 Å². The third-order valence-corrected chi connectivity index (χ3v) is 3.83. The van der Waals surface area contributed by atoms with E-state index in [1.54, 1.807) is 30.3 Å². The molecule has 2 N–H and O–H groups in total. The van der Waals surface area contributed by atoms with Gasteiger partial charge in [-0.1, -0.05) is 30.3 Å². The van der Waals surface area contributed by atoms with Crippen LogP contribution in [0.25, 0.3) is 6.08 Å². The van der Waals surface area contributed by atoms with Crippen LogP contribution in [-0.2, 0) is 9.59 Å². The van der Waals surface area contributed by atoms with Gasteiger partial charge in [0.05, 0.1) is 5.69 Å². The largest absolute Gasteiger partial charge is 0.481 e. The van der Waals surface area contributed by atoms with E-state index in [9.17, 15) is 14.0 Å². The maximum atomic E-state index is 14.0. The highest BCUT2D eigenvalue weighted by Crippen LogP contribution is 2.27. The van der Waals surface area contributed by atoms with E-state index in [0.29, 0.717) is 11.3 Å². The minimum Gasteiger partial charge on any atom is -0.481 e. The zero-order valence-electron chi connectivity index (χ0n) is 13.3. The Balaban J connectivity index is 1.92. The van der Waals surface area contributed by atoms with Crippen molar-refractivity contribution in [2.24, 2.45) is 0 Å². The number of amides is 1. The molecule has 0 spiro atoms. The van der Waals surface area contributed by atoms with Crippen LogP contribution in [0.2, 0.25) is 0 Å². The predicted octanol–water partition coefficient (Wildman–Crippen LogP) is 2.55. The monoisotopic (exact) mass is 372 g/mol. The molecule has 0 radical (unpaired) electrons. The van der Waals surface area contributed by atoms with Gasteiger partial charge in [0.2, 0.25) is 0 Å². The molecule has 0 saturated carbocycles. The summed E-state index contributed by atoms with van der Waals surface area (Å²) in [5.41, 5.74) is 0.668. The van der Waals surface area contributed by atoms with E-state index in [1.165, 1.54) is 24.3 Å². The number of carbonyl (C=O) groups excluding carboxylic acids is 1. The summed E-state index contributed by atoms with van der Waals surface area (Å²) < 4.78 is 19.2. The molecule has 132 valence electrons. The molecule has 1 fully saturated rings. The number of nitrogens with one attached hydrogen (secondary N) is 1. The molecule has 8 heteroatoms. The quantitative estimate of drug-likeness (QED) is 0.620. The number of hydrogen-bond donors (Lipinski definition) is 2. The predicted molar refractivity (Wildman–Crippen MR) is 97.2 cm³/mol. The number of aliphatic carboxylic acids is 1. The molecule has 0 aliphatic carbocycles. The normalized spacial score (nSPS) is 15.3. The third kappa shape index (κ3) is 3.55. The van der Waals surface area contributed by atoms with Crippen LogP contribution in [0, 0.1) is 5.82 Å². The van der Waals surface area contributed by atoms with Crippen molar-refractivity contribution in [3.8, 4) is 5.75 Å². The molecule has 2 aromatic carbocycles. The Morgan fingerprint density at radius 1 is 1.23 bits per heavy atom. The summed E-state index contributed by atoms with van der Waals surface area (Å²) in [6, 6.07) is 12.4. The van der Waals surface area contributed by atoms with Crippen molar-refractivity contribution in [1.29, 1.82) is 0 Å². The van der Waals surface area contributed by atoms with Crippen LogP contribution in [0.3, 0.4) is 0 Å². The summed E-state index contributed by atoms with van der Waals surface area (Å²) in [5, 5.41) is 11.5. The summed E-state index contributed by atoms with van der Waals surface area (Å²) >= 11 is 5.15. The van der Waals surface area contributed by atoms with Crippen molar-refractivity contribution in [2.75, 3.05) is 11.5 Å². The number of thiocarbonyl (C=S) groups is 1.